The van der Waals surface area contributed by atoms with E-state index < -0.39 is 5.92 Å². The molecule has 1 atom stereocenters. The fourth-order valence-electron chi connectivity index (χ4n) is 2.64. The molecule has 0 aromatic rings. The number of nitriles is 1. The van der Waals surface area contributed by atoms with Gasteiger partial charge in [0.2, 0.25) is 5.91 Å². The van der Waals surface area contributed by atoms with E-state index in [1.807, 2.05) is 13.8 Å². The van der Waals surface area contributed by atoms with E-state index in [9.17, 15) is 4.79 Å². The lowest BCUT2D eigenvalue weighted by molar-refractivity contribution is -0.138. The van der Waals surface area contributed by atoms with Crippen LogP contribution in [0, 0.1) is 23.2 Å². The molecule has 0 aromatic heterocycles. The molecule has 1 aliphatic carbocycles. The van der Waals surface area contributed by atoms with Crippen molar-refractivity contribution < 1.29 is 9.90 Å². The van der Waals surface area contributed by atoms with Crippen molar-refractivity contribution >= 4 is 5.91 Å². The molecule has 4 nitrogen and oxygen atoms in total. The van der Waals surface area contributed by atoms with Crippen molar-refractivity contribution in [1.82, 2.24) is 4.90 Å². The summed E-state index contributed by atoms with van der Waals surface area (Å²) in [6.07, 6.45) is 5.50. The molecule has 0 spiro atoms. The summed E-state index contributed by atoms with van der Waals surface area (Å²) in [6.45, 7) is 4.11. The molecule has 1 aliphatic rings. The van der Waals surface area contributed by atoms with E-state index in [4.69, 9.17) is 10.4 Å². The zero-order valence-electron chi connectivity index (χ0n) is 11.4. The highest BCUT2D eigenvalue weighted by molar-refractivity contribution is 5.81. The molecule has 0 radical (unpaired) electrons. The Bertz CT molecular complexity index is 303. The monoisotopic (exact) mass is 252 g/mol. The molecule has 1 saturated carbocycles. The van der Waals surface area contributed by atoms with Crippen LogP contribution in [0.4, 0.5) is 0 Å². The van der Waals surface area contributed by atoms with Gasteiger partial charge in [-0.05, 0) is 18.8 Å². The Morgan fingerprint density at radius 1 is 1.39 bits per heavy atom. The Hall–Kier alpha value is -1.08. The van der Waals surface area contributed by atoms with Crippen LogP contribution in [0.25, 0.3) is 0 Å². The van der Waals surface area contributed by atoms with E-state index in [0.29, 0.717) is 6.54 Å². The molecule has 1 amide bonds. The summed E-state index contributed by atoms with van der Waals surface area (Å²) < 4.78 is 0. The lowest BCUT2D eigenvalue weighted by Gasteiger charge is -2.35. The molecule has 0 aliphatic heterocycles. The lowest BCUT2D eigenvalue weighted by Crippen LogP contribution is -2.46. The molecular formula is C14H24N2O2. The molecule has 4 heteroatoms. The largest absolute Gasteiger partial charge is 0.395 e. The smallest absolute Gasteiger partial charge is 0.240 e. The number of carbonyl (C=O) groups excluding carboxylic acids is 1. The van der Waals surface area contributed by atoms with E-state index in [0.717, 1.165) is 25.7 Å². The number of rotatable bonds is 5. The summed E-state index contributed by atoms with van der Waals surface area (Å²) in [6, 6.07) is 2.32. The van der Waals surface area contributed by atoms with Gasteiger partial charge in [0, 0.05) is 12.6 Å². The molecule has 0 aromatic carbocycles. The topological polar surface area (TPSA) is 64.3 Å². The number of amides is 1. The van der Waals surface area contributed by atoms with Gasteiger partial charge in [0.25, 0.3) is 0 Å². The maximum Gasteiger partial charge on any atom is 0.240 e. The highest BCUT2D eigenvalue weighted by Crippen LogP contribution is 2.25. The minimum atomic E-state index is -0.585. The first kappa shape index (κ1) is 15.0. The zero-order valence-corrected chi connectivity index (χ0v) is 11.4. The first-order valence-electron chi connectivity index (χ1n) is 6.92. The summed E-state index contributed by atoms with van der Waals surface area (Å²) in [5, 5.41) is 18.3. The van der Waals surface area contributed by atoms with Gasteiger partial charge in [0.15, 0.2) is 0 Å². The van der Waals surface area contributed by atoms with Gasteiger partial charge in [0.1, 0.15) is 5.92 Å². The lowest BCUT2D eigenvalue weighted by atomic mass is 9.91. The Morgan fingerprint density at radius 2 is 2.00 bits per heavy atom. The third kappa shape index (κ3) is 3.71. The third-order valence-corrected chi connectivity index (χ3v) is 3.71. The Kier molecular flexibility index (Phi) is 6.14. The van der Waals surface area contributed by atoms with Gasteiger partial charge in [-0.25, -0.2) is 0 Å². The van der Waals surface area contributed by atoms with E-state index in [1.165, 1.54) is 6.42 Å². The normalized spacial score (nSPS) is 18.4. The summed E-state index contributed by atoms with van der Waals surface area (Å²) in [7, 11) is 0. The maximum atomic E-state index is 12.4. The molecule has 1 unspecified atom stereocenters. The third-order valence-electron chi connectivity index (χ3n) is 3.71. The van der Waals surface area contributed by atoms with Crippen LogP contribution in [-0.4, -0.2) is 35.1 Å². The van der Waals surface area contributed by atoms with E-state index in [1.54, 1.807) is 4.90 Å². The number of hydrogen-bond acceptors (Lipinski definition) is 3. The second-order valence-electron chi connectivity index (χ2n) is 5.40. The van der Waals surface area contributed by atoms with Gasteiger partial charge in [-0.3, -0.25) is 4.79 Å². The van der Waals surface area contributed by atoms with Crippen LogP contribution >= 0.6 is 0 Å². The average Bonchev–Trinajstić information content (AvgIpc) is 2.37. The first-order valence-corrected chi connectivity index (χ1v) is 6.92. The van der Waals surface area contributed by atoms with Crippen LogP contribution in [-0.2, 0) is 4.79 Å². The SMILES string of the molecule is CC(C)C(C#N)C(=O)N(CCO)C1CCCCC1. The molecule has 0 saturated heterocycles. The Balaban J connectivity index is 2.76. The van der Waals surface area contributed by atoms with Crippen molar-refractivity contribution in [3.63, 3.8) is 0 Å². The highest BCUT2D eigenvalue weighted by atomic mass is 16.3. The van der Waals surface area contributed by atoms with Gasteiger partial charge >= 0.3 is 0 Å². The van der Waals surface area contributed by atoms with Gasteiger partial charge in [-0.15, -0.1) is 0 Å². The van der Waals surface area contributed by atoms with Crippen LogP contribution < -0.4 is 0 Å². The van der Waals surface area contributed by atoms with Crippen LogP contribution in [0.3, 0.4) is 0 Å². The highest BCUT2D eigenvalue weighted by Gasteiger charge is 2.31. The number of carbonyl (C=O) groups is 1. The average molecular weight is 252 g/mol. The van der Waals surface area contributed by atoms with Crippen LogP contribution in [0.1, 0.15) is 46.0 Å². The van der Waals surface area contributed by atoms with Gasteiger partial charge in [-0.2, -0.15) is 5.26 Å². The summed E-state index contributed by atoms with van der Waals surface area (Å²) in [4.78, 5) is 14.1. The predicted octanol–water partition coefficient (Wildman–Crippen LogP) is 1.94. The molecule has 102 valence electrons. The van der Waals surface area contributed by atoms with Gasteiger partial charge in [-0.1, -0.05) is 33.1 Å². The maximum absolute atomic E-state index is 12.4. The minimum Gasteiger partial charge on any atom is -0.395 e. The van der Waals surface area contributed by atoms with Crippen LogP contribution in [0.2, 0.25) is 0 Å². The molecule has 1 rings (SSSR count). The Morgan fingerprint density at radius 3 is 2.44 bits per heavy atom. The van der Waals surface area contributed by atoms with Crippen molar-refractivity contribution in [2.24, 2.45) is 11.8 Å². The molecule has 1 fully saturated rings. The summed E-state index contributed by atoms with van der Waals surface area (Å²) in [5.41, 5.74) is 0. The van der Waals surface area contributed by atoms with Crippen LogP contribution in [0.5, 0.6) is 0 Å². The van der Waals surface area contributed by atoms with E-state index >= 15 is 0 Å². The van der Waals surface area contributed by atoms with Gasteiger partial charge < -0.3 is 10.0 Å². The fourth-order valence-corrected chi connectivity index (χ4v) is 2.64. The van der Waals surface area contributed by atoms with Crippen LogP contribution in [0.15, 0.2) is 0 Å². The quantitative estimate of drug-likeness (QED) is 0.813. The van der Waals surface area contributed by atoms with Crippen molar-refractivity contribution in [3.05, 3.63) is 0 Å². The second kappa shape index (κ2) is 7.38. The summed E-state index contributed by atoms with van der Waals surface area (Å²) in [5.74, 6) is -0.667. The van der Waals surface area contributed by atoms with Crippen molar-refractivity contribution in [2.75, 3.05) is 13.2 Å². The van der Waals surface area contributed by atoms with Crippen molar-refractivity contribution in [1.29, 1.82) is 5.26 Å². The second-order valence-corrected chi connectivity index (χ2v) is 5.40. The molecule has 0 heterocycles. The van der Waals surface area contributed by atoms with Crippen molar-refractivity contribution in [3.8, 4) is 6.07 Å². The van der Waals surface area contributed by atoms with Crippen molar-refractivity contribution in [2.45, 2.75) is 52.0 Å². The summed E-state index contributed by atoms with van der Waals surface area (Å²) >= 11 is 0. The molecule has 0 bridgehead atoms. The number of nitrogens with zero attached hydrogens (tertiary/aromatic N) is 2. The molecular weight excluding hydrogens is 228 g/mol. The first-order chi connectivity index (χ1) is 8.61. The predicted molar refractivity (Wildman–Crippen MR) is 69.6 cm³/mol. The van der Waals surface area contributed by atoms with Gasteiger partial charge in [0.05, 0.1) is 12.7 Å². The number of aliphatic hydroxyl groups excluding tert-OH is 1. The molecule has 18 heavy (non-hydrogen) atoms. The minimum absolute atomic E-state index is 0.0206. The molecule has 1 N–H and O–H groups in total. The van der Waals surface area contributed by atoms with E-state index in [2.05, 4.69) is 6.07 Å². The Labute approximate surface area is 110 Å². The van der Waals surface area contributed by atoms with E-state index in [-0.39, 0.29) is 24.5 Å². The fraction of sp³-hybridized carbons (Fsp3) is 0.857. The number of hydrogen-bond donors (Lipinski definition) is 1. The number of aliphatic hydroxyl groups is 1. The zero-order chi connectivity index (χ0) is 13.5. The standard InChI is InChI=1S/C14H24N2O2/c1-11(2)13(10-15)14(18)16(8-9-17)12-6-4-3-5-7-12/h11-13,17H,3-9H2,1-2H3.